The van der Waals surface area contributed by atoms with Crippen molar-refractivity contribution in [1.82, 2.24) is 14.7 Å². The fourth-order valence-electron chi connectivity index (χ4n) is 4.19. The smallest absolute Gasteiger partial charge is 0.266 e. The topological polar surface area (TPSA) is 38.1 Å². The number of carbonyl (C=O) groups excluding carboxylic acids is 1. The molecule has 0 aliphatic carbocycles. The summed E-state index contributed by atoms with van der Waals surface area (Å²) in [5.41, 5.74) is 4.91. The lowest BCUT2D eigenvalue weighted by molar-refractivity contribution is -0.122. The number of thiocarbonyl (C=S) groups is 1. The molecule has 3 aromatic carbocycles. The summed E-state index contributed by atoms with van der Waals surface area (Å²) in [7, 11) is 0. The zero-order chi connectivity index (χ0) is 26.3. The minimum atomic E-state index is -0.0444. The lowest BCUT2D eigenvalue weighted by Gasteiger charge is -2.14. The quantitative estimate of drug-likeness (QED) is 0.0861. The first kappa shape index (κ1) is 26.5. The van der Waals surface area contributed by atoms with E-state index in [1.54, 1.807) is 4.90 Å². The first-order chi connectivity index (χ1) is 18.6. The number of para-hydroxylation sites is 1. The molecule has 0 atom stereocenters. The molecule has 0 spiro atoms. The largest absolute Gasteiger partial charge is 0.293 e. The highest BCUT2D eigenvalue weighted by Crippen LogP contribution is 2.35. The molecule has 0 unspecified atom stereocenters. The van der Waals surface area contributed by atoms with Crippen LogP contribution in [0.15, 0.2) is 101 Å². The molecule has 0 saturated carbocycles. The van der Waals surface area contributed by atoms with Gasteiger partial charge in [-0.05, 0) is 54.5 Å². The molecule has 1 aromatic heterocycles. The number of amides is 1. The van der Waals surface area contributed by atoms with Gasteiger partial charge in [-0.1, -0.05) is 98.0 Å². The van der Waals surface area contributed by atoms with Crippen LogP contribution in [-0.4, -0.2) is 37.2 Å². The number of unbranched alkanes of at least 4 members (excludes halogenated alkanes) is 1. The summed E-state index contributed by atoms with van der Waals surface area (Å²) in [6.45, 7) is 2.78. The molecule has 1 aliphatic rings. The van der Waals surface area contributed by atoms with Crippen molar-refractivity contribution in [2.75, 3.05) is 12.3 Å². The fourth-order valence-corrected chi connectivity index (χ4v) is 6.49. The van der Waals surface area contributed by atoms with Gasteiger partial charge in [-0.15, -0.1) is 11.8 Å². The summed E-state index contributed by atoms with van der Waals surface area (Å²) in [6.07, 6.45) is 7.10. The van der Waals surface area contributed by atoms with Crippen LogP contribution in [0.1, 0.15) is 30.9 Å². The van der Waals surface area contributed by atoms with Crippen molar-refractivity contribution in [1.29, 1.82) is 0 Å². The maximum absolute atomic E-state index is 13.4. The Morgan fingerprint density at radius 1 is 0.974 bits per heavy atom. The van der Waals surface area contributed by atoms with Crippen molar-refractivity contribution in [2.45, 2.75) is 31.1 Å². The van der Waals surface area contributed by atoms with Crippen LogP contribution in [0.4, 0.5) is 0 Å². The number of rotatable bonds is 10. The van der Waals surface area contributed by atoms with Gasteiger partial charge in [0.2, 0.25) is 0 Å². The highest BCUT2D eigenvalue weighted by molar-refractivity contribution is 8.26. The van der Waals surface area contributed by atoms with Crippen molar-refractivity contribution < 1.29 is 4.79 Å². The van der Waals surface area contributed by atoms with E-state index in [9.17, 15) is 4.79 Å². The highest BCUT2D eigenvalue weighted by Gasteiger charge is 2.32. The fraction of sp³-hybridized carbons (Fsp3) is 0.194. The van der Waals surface area contributed by atoms with Crippen molar-refractivity contribution in [2.24, 2.45) is 0 Å². The lowest BCUT2D eigenvalue weighted by atomic mass is 10.1. The van der Waals surface area contributed by atoms with E-state index in [-0.39, 0.29) is 5.91 Å². The van der Waals surface area contributed by atoms with Gasteiger partial charge in [0.25, 0.3) is 5.91 Å². The number of carbonyl (C=O) groups is 1. The molecule has 4 nitrogen and oxygen atoms in total. The summed E-state index contributed by atoms with van der Waals surface area (Å²) < 4.78 is 2.48. The van der Waals surface area contributed by atoms with E-state index in [1.807, 2.05) is 77.2 Å². The van der Waals surface area contributed by atoms with Gasteiger partial charge in [-0.3, -0.25) is 9.69 Å². The molecule has 1 amide bonds. The molecule has 192 valence electrons. The summed E-state index contributed by atoms with van der Waals surface area (Å²) in [5.74, 6) is 1.08. The minimum absolute atomic E-state index is 0.0444. The summed E-state index contributed by atoms with van der Waals surface area (Å²) in [4.78, 5) is 16.9. The van der Waals surface area contributed by atoms with Gasteiger partial charge >= 0.3 is 0 Å². The SMILES string of the molecule is CCCCSc1ccc(-c2nn(-c3ccccc3)cc2C=C2SC(=S)N(CCc3ccccc3)C2=O)cc1. The first-order valence-corrected chi connectivity index (χ1v) is 15.0. The molecular formula is C31H29N3OS3. The number of nitrogens with zero attached hydrogens (tertiary/aromatic N) is 3. The molecule has 7 heteroatoms. The molecule has 1 aliphatic heterocycles. The van der Waals surface area contributed by atoms with Crippen molar-refractivity contribution >= 4 is 52.0 Å². The molecule has 0 radical (unpaired) electrons. The van der Waals surface area contributed by atoms with Crippen LogP contribution in [0.25, 0.3) is 23.0 Å². The van der Waals surface area contributed by atoms with E-state index in [2.05, 4.69) is 43.3 Å². The standard InChI is InChI=1S/C31H29N3OS3/c1-2-3-20-37-27-16-14-24(15-17-27)29-25(22-34(32-29)26-12-8-5-9-13-26)21-28-30(35)33(31(36)38-28)19-18-23-10-6-4-7-11-23/h4-17,21-22H,2-3,18-20H2,1H3. The second kappa shape index (κ2) is 12.6. The maximum atomic E-state index is 13.4. The predicted octanol–water partition coefficient (Wildman–Crippen LogP) is 7.88. The van der Waals surface area contributed by atoms with Gasteiger partial charge in [0.15, 0.2) is 0 Å². The molecule has 2 heterocycles. The summed E-state index contributed by atoms with van der Waals surface area (Å²) in [6, 6.07) is 28.8. The van der Waals surface area contributed by atoms with E-state index in [0.717, 1.165) is 34.7 Å². The van der Waals surface area contributed by atoms with E-state index < -0.39 is 0 Å². The van der Waals surface area contributed by atoms with Crippen molar-refractivity contribution in [3.63, 3.8) is 0 Å². The van der Waals surface area contributed by atoms with Crippen LogP contribution < -0.4 is 0 Å². The van der Waals surface area contributed by atoms with Gasteiger partial charge in [-0.25, -0.2) is 4.68 Å². The zero-order valence-electron chi connectivity index (χ0n) is 21.2. The van der Waals surface area contributed by atoms with Gasteiger partial charge < -0.3 is 0 Å². The van der Waals surface area contributed by atoms with Crippen LogP contribution >= 0.6 is 35.7 Å². The van der Waals surface area contributed by atoms with Gasteiger partial charge in [0.05, 0.1) is 16.3 Å². The third-order valence-corrected chi connectivity index (χ3v) is 8.76. The molecule has 1 saturated heterocycles. The average molecular weight is 556 g/mol. The minimum Gasteiger partial charge on any atom is -0.293 e. The van der Waals surface area contributed by atoms with Gasteiger partial charge in [-0.2, -0.15) is 5.10 Å². The molecule has 4 aromatic rings. The van der Waals surface area contributed by atoms with Gasteiger partial charge in [0.1, 0.15) is 4.32 Å². The summed E-state index contributed by atoms with van der Waals surface area (Å²) >= 11 is 8.84. The molecule has 38 heavy (non-hydrogen) atoms. The lowest BCUT2D eigenvalue weighted by Crippen LogP contribution is -2.30. The van der Waals surface area contributed by atoms with Crippen molar-refractivity contribution in [3.8, 4) is 16.9 Å². The molecule has 0 N–H and O–H groups in total. The Morgan fingerprint density at radius 2 is 1.68 bits per heavy atom. The third kappa shape index (κ3) is 6.29. The number of thioether (sulfide) groups is 2. The van der Waals surface area contributed by atoms with Crippen molar-refractivity contribution in [3.05, 3.63) is 107 Å². The Kier molecular flexibility index (Phi) is 8.79. The van der Waals surface area contributed by atoms with Crippen LogP contribution in [0, 0.1) is 0 Å². The Morgan fingerprint density at radius 3 is 2.39 bits per heavy atom. The van der Waals surface area contributed by atoms with Crippen LogP contribution in [0.2, 0.25) is 0 Å². The molecular weight excluding hydrogens is 527 g/mol. The predicted molar refractivity (Wildman–Crippen MR) is 165 cm³/mol. The molecule has 1 fully saturated rings. The van der Waals surface area contributed by atoms with Crippen LogP contribution in [0.3, 0.4) is 0 Å². The number of hydrogen-bond acceptors (Lipinski definition) is 5. The van der Waals surface area contributed by atoms with E-state index in [1.165, 1.54) is 35.1 Å². The monoisotopic (exact) mass is 555 g/mol. The highest BCUT2D eigenvalue weighted by atomic mass is 32.2. The second-order valence-corrected chi connectivity index (χ2v) is 11.9. The number of aromatic nitrogens is 2. The van der Waals surface area contributed by atoms with E-state index in [0.29, 0.717) is 15.8 Å². The Labute approximate surface area is 238 Å². The maximum Gasteiger partial charge on any atom is 0.266 e. The number of benzene rings is 3. The van der Waals surface area contributed by atoms with Crippen LogP contribution in [0.5, 0.6) is 0 Å². The van der Waals surface area contributed by atoms with Crippen LogP contribution in [-0.2, 0) is 11.2 Å². The Balaban J connectivity index is 1.43. The molecule has 0 bridgehead atoms. The average Bonchev–Trinajstić information content (AvgIpc) is 3.49. The normalized spacial score (nSPS) is 14.6. The van der Waals surface area contributed by atoms with E-state index in [4.69, 9.17) is 17.3 Å². The summed E-state index contributed by atoms with van der Waals surface area (Å²) in [5, 5.41) is 4.94. The second-order valence-electron chi connectivity index (χ2n) is 9.01. The Hall–Kier alpha value is -3.13. The zero-order valence-corrected chi connectivity index (χ0v) is 23.7. The molecule has 5 rings (SSSR count). The van der Waals surface area contributed by atoms with E-state index >= 15 is 0 Å². The third-order valence-electron chi connectivity index (χ3n) is 6.28. The van der Waals surface area contributed by atoms with Gasteiger partial charge in [0, 0.05) is 28.8 Å². The Bertz CT molecular complexity index is 1430. The first-order valence-electron chi connectivity index (χ1n) is 12.8. The number of hydrogen-bond donors (Lipinski definition) is 0.